The van der Waals surface area contributed by atoms with Crippen LogP contribution >= 0.6 is 0 Å². The molecule has 1 unspecified atom stereocenters. The van der Waals surface area contributed by atoms with Crippen LogP contribution in [0.1, 0.15) is 19.6 Å². The number of rotatable bonds is 7. The molecule has 0 aliphatic carbocycles. The maximum absolute atomic E-state index is 10.5. The molecular weight excluding hydrogens is 234 g/mol. The van der Waals surface area contributed by atoms with Gasteiger partial charge in [-0.05, 0) is 26.1 Å². The molecule has 0 aliphatic rings. The Morgan fingerprint density at radius 1 is 1.44 bits per heavy atom. The van der Waals surface area contributed by atoms with Crippen LogP contribution < -0.4 is 5.32 Å². The molecule has 6 heteroatoms. The second kappa shape index (κ2) is 6.51. The number of nitro groups is 1. The zero-order valence-electron chi connectivity index (χ0n) is 11.3. The lowest BCUT2D eigenvalue weighted by molar-refractivity contribution is -0.402. The van der Waals surface area contributed by atoms with Gasteiger partial charge in [-0.25, -0.2) is 0 Å². The molecule has 0 radical (unpaired) electrons. The van der Waals surface area contributed by atoms with Gasteiger partial charge in [-0.1, -0.05) is 13.8 Å². The number of nitrogens with one attached hydrogen (secondary N) is 1. The summed E-state index contributed by atoms with van der Waals surface area (Å²) in [4.78, 5) is 12.1. The lowest BCUT2D eigenvalue weighted by atomic mass is 10.0. The Morgan fingerprint density at radius 2 is 2.11 bits per heavy atom. The Morgan fingerprint density at radius 3 is 2.56 bits per heavy atom. The highest BCUT2D eigenvalue weighted by molar-refractivity contribution is 5.17. The van der Waals surface area contributed by atoms with E-state index in [1.165, 1.54) is 6.07 Å². The second-order valence-corrected chi connectivity index (χ2v) is 4.99. The van der Waals surface area contributed by atoms with E-state index in [0.29, 0.717) is 24.3 Å². The molecule has 1 N–H and O–H groups in total. The summed E-state index contributed by atoms with van der Waals surface area (Å²) in [7, 11) is 4.05. The maximum atomic E-state index is 10.5. The number of nitrogens with zero attached hydrogens (tertiary/aromatic N) is 2. The third-order valence-corrected chi connectivity index (χ3v) is 2.73. The van der Waals surface area contributed by atoms with Gasteiger partial charge in [-0.15, -0.1) is 0 Å². The predicted octanol–water partition coefficient (Wildman–Crippen LogP) is 1.86. The van der Waals surface area contributed by atoms with Gasteiger partial charge in [0.25, 0.3) is 0 Å². The summed E-state index contributed by atoms with van der Waals surface area (Å²) < 4.78 is 5.11. The van der Waals surface area contributed by atoms with Crippen molar-refractivity contribution >= 4 is 5.88 Å². The van der Waals surface area contributed by atoms with Crippen LogP contribution in [0.5, 0.6) is 0 Å². The molecule has 0 aromatic carbocycles. The number of furan rings is 1. The molecule has 0 amide bonds. The molecule has 0 fully saturated rings. The van der Waals surface area contributed by atoms with Crippen molar-refractivity contribution < 1.29 is 9.34 Å². The van der Waals surface area contributed by atoms with Crippen LogP contribution in [0, 0.1) is 16.0 Å². The normalized spacial score (nSPS) is 13.2. The highest BCUT2D eigenvalue weighted by atomic mass is 16.6. The van der Waals surface area contributed by atoms with E-state index >= 15 is 0 Å². The van der Waals surface area contributed by atoms with Gasteiger partial charge in [-0.3, -0.25) is 10.1 Å². The first kappa shape index (κ1) is 14.7. The molecule has 1 heterocycles. The monoisotopic (exact) mass is 255 g/mol. The van der Waals surface area contributed by atoms with Gasteiger partial charge in [0.1, 0.15) is 10.7 Å². The van der Waals surface area contributed by atoms with E-state index in [-0.39, 0.29) is 5.88 Å². The number of hydrogen-bond donors (Lipinski definition) is 1. The van der Waals surface area contributed by atoms with Crippen molar-refractivity contribution in [2.75, 3.05) is 20.6 Å². The van der Waals surface area contributed by atoms with Gasteiger partial charge in [-0.2, -0.15) is 0 Å². The van der Waals surface area contributed by atoms with Crippen LogP contribution in [0.2, 0.25) is 0 Å². The van der Waals surface area contributed by atoms with Gasteiger partial charge in [0, 0.05) is 12.6 Å². The van der Waals surface area contributed by atoms with Crippen LogP contribution in [0.15, 0.2) is 16.5 Å². The second-order valence-electron chi connectivity index (χ2n) is 4.99. The Balaban J connectivity index is 2.53. The Labute approximate surface area is 107 Å². The lowest BCUT2D eigenvalue weighted by Crippen LogP contribution is -2.41. The van der Waals surface area contributed by atoms with Gasteiger partial charge >= 0.3 is 5.88 Å². The molecule has 1 aromatic rings. The van der Waals surface area contributed by atoms with Crippen molar-refractivity contribution in [2.45, 2.75) is 26.4 Å². The van der Waals surface area contributed by atoms with Crippen molar-refractivity contribution in [1.29, 1.82) is 0 Å². The molecule has 1 rings (SSSR count). The minimum absolute atomic E-state index is 0.208. The molecule has 0 bridgehead atoms. The fraction of sp³-hybridized carbons (Fsp3) is 0.667. The summed E-state index contributed by atoms with van der Waals surface area (Å²) >= 11 is 0. The van der Waals surface area contributed by atoms with Gasteiger partial charge < -0.3 is 14.6 Å². The zero-order chi connectivity index (χ0) is 13.7. The van der Waals surface area contributed by atoms with E-state index in [1.54, 1.807) is 6.07 Å². The molecule has 6 nitrogen and oxygen atoms in total. The quantitative estimate of drug-likeness (QED) is 0.595. The molecular formula is C12H21N3O3. The maximum Gasteiger partial charge on any atom is 0.433 e. The Kier molecular flexibility index (Phi) is 5.30. The minimum Gasteiger partial charge on any atom is -0.404 e. The SMILES string of the molecule is CC(C)C(CN(C)C)NCc1ccc([N+](=O)[O-])o1. The van der Waals surface area contributed by atoms with E-state index in [9.17, 15) is 10.1 Å². The van der Waals surface area contributed by atoms with E-state index in [0.717, 1.165) is 6.54 Å². The summed E-state index contributed by atoms with van der Waals surface area (Å²) in [6.45, 7) is 5.71. The summed E-state index contributed by atoms with van der Waals surface area (Å²) in [5.41, 5.74) is 0. The molecule has 0 saturated heterocycles. The lowest BCUT2D eigenvalue weighted by Gasteiger charge is -2.25. The van der Waals surface area contributed by atoms with E-state index in [2.05, 4.69) is 24.1 Å². The highest BCUT2D eigenvalue weighted by Crippen LogP contribution is 2.15. The van der Waals surface area contributed by atoms with Gasteiger partial charge in [0.15, 0.2) is 0 Å². The zero-order valence-corrected chi connectivity index (χ0v) is 11.3. The molecule has 0 spiro atoms. The van der Waals surface area contributed by atoms with Gasteiger partial charge in [0.05, 0.1) is 12.6 Å². The molecule has 0 aliphatic heterocycles. The van der Waals surface area contributed by atoms with Crippen molar-refractivity contribution in [2.24, 2.45) is 5.92 Å². The van der Waals surface area contributed by atoms with Crippen LogP contribution in [-0.2, 0) is 6.54 Å². The van der Waals surface area contributed by atoms with E-state index in [4.69, 9.17) is 4.42 Å². The molecule has 1 aromatic heterocycles. The van der Waals surface area contributed by atoms with Crippen LogP contribution in [0.3, 0.4) is 0 Å². The first-order valence-electron chi connectivity index (χ1n) is 6.01. The summed E-state index contributed by atoms with van der Waals surface area (Å²) in [5.74, 6) is 0.865. The third kappa shape index (κ3) is 4.46. The summed E-state index contributed by atoms with van der Waals surface area (Å²) in [6, 6.07) is 3.34. The first-order valence-corrected chi connectivity index (χ1v) is 6.01. The van der Waals surface area contributed by atoms with Crippen LogP contribution in [0.4, 0.5) is 5.88 Å². The highest BCUT2D eigenvalue weighted by Gasteiger charge is 2.16. The Hall–Kier alpha value is -1.40. The van der Waals surface area contributed by atoms with E-state index < -0.39 is 4.92 Å². The number of likely N-dealkylation sites (N-methyl/N-ethyl adjacent to an activating group) is 1. The average Bonchev–Trinajstić information content (AvgIpc) is 2.72. The Bertz CT molecular complexity index is 388. The summed E-state index contributed by atoms with van der Waals surface area (Å²) in [5, 5.41) is 13.9. The van der Waals surface area contributed by atoms with Crippen molar-refractivity contribution in [1.82, 2.24) is 10.2 Å². The third-order valence-electron chi connectivity index (χ3n) is 2.73. The molecule has 18 heavy (non-hydrogen) atoms. The van der Waals surface area contributed by atoms with Crippen molar-refractivity contribution in [3.8, 4) is 0 Å². The smallest absolute Gasteiger partial charge is 0.404 e. The molecule has 102 valence electrons. The van der Waals surface area contributed by atoms with Crippen LogP contribution in [0.25, 0.3) is 0 Å². The minimum atomic E-state index is -0.525. The molecule has 0 saturated carbocycles. The summed E-state index contributed by atoms with van der Waals surface area (Å²) in [6.07, 6.45) is 0. The fourth-order valence-corrected chi connectivity index (χ4v) is 1.70. The first-order chi connectivity index (χ1) is 8.40. The van der Waals surface area contributed by atoms with E-state index in [1.807, 2.05) is 14.1 Å². The largest absolute Gasteiger partial charge is 0.433 e. The topological polar surface area (TPSA) is 71.5 Å². The standard InChI is InChI=1S/C12H21N3O3/c1-9(2)11(8-14(3)4)13-7-10-5-6-12(18-10)15(16)17/h5-6,9,11,13H,7-8H2,1-4H3. The fourth-order valence-electron chi connectivity index (χ4n) is 1.70. The van der Waals surface area contributed by atoms with Crippen molar-refractivity contribution in [3.63, 3.8) is 0 Å². The van der Waals surface area contributed by atoms with Gasteiger partial charge in [0.2, 0.25) is 0 Å². The average molecular weight is 255 g/mol. The number of hydrogen-bond acceptors (Lipinski definition) is 5. The van der Waals surface area contributed by atoms with Crippen LogP contribution in [-0.4, -0.2) is 36.5 Å². The predicted molar refractivity (Wildman–Crippen MR) is 69.4 cm³/mol. The molecule has 1 atom stereocenters. The van der Waals surface area contributed by atoms with Crippen molar-refractivity contribution in [3.05, 3.63) is 28.0 Å².